The van der Waals surface area contributed by atoms with Gasteiger partial charge in [0.2, 0.25) is 0 Å². The Labute approximate surface area is 127 Å². The zero-order chi connectivity index (χ0) is 14.7. The third-order valence-corrected chi connectivity index (χ3v) is 3.62. The quantitative estimate of drug-likeness (QED) is 0.775. The molecule has 0 aliphatic heterocycles. The monoisotopic (exact) mass is 299 g/mol. The zero-order valence-corrected chi connectivity index (χ0v) is 12.0. The molecule has 1 atom stereocenters. The van der Waals surface area contributed by atoms with Crippen molar-refractivity contribution in [1.29, 1.82) is 0 Å². The molecule has 4 nitrogen and oxygen atoms in total. The van der Waals surface area contributed by atoms with Gasteiger partial charge in [-0.05, 0) is 5.56 Å². The van der Waals surface area contributed by atoms with Gasteiger partial charge in [0.1, 0.15) is 0 Å². The van der Waals surface area contributed by atoms with Gasteiger partial charge in [0, 0.05) is 10.8 Å². The summed E-state index contributed by atoms with van der Waals surface area (Å²) in [5.74, 6) is 0.609. The van der Waals surface area contributed by atoms with Crippen LogP contribution in [0.25, 0.3) is 10.8 Å². The molecule has 0 bridgehead atoms. The molecule has 21 heavy (non-hydrogen) atoms. The van der Waals surface area contributed by atoms with E-state index in [1.165, 1.54) is 0 Å². The van der Waals surface area contributed by atoms with Crippen LogP contribution >= 0.6 is 11.6 Å². The number of nitrogens with zero attached hydrogens (tertiary/aromatic N) is 2. The zero-order valence-electron chi connectivity index (χ0n) is 11.2. The summed E-state index contributed by atoms with van der Waals surface area (Å²) in [4.78, 5) is 0. The highest BCUT2D eigenvalue weighted by molar-refractivity contribution is 6.34. The minimum Gasteiger partial charge on any atom is -0.394 e. The number of nitrogens with one attached hydrogen (secondary N) is 1. The first-order valence-electron chi connectivity index (χ1n) is 6.63. The molecule has 0 amide bonds. The van der Waals surface area contributed by atoms with Crippen LogP contribution in [0.5, 0.6) is 0 Å². The Kier molecular flexibility index (Phi) is 3.99. The first-order valence-corrected chi connectivity index (χ1v) is 7.00. The molecule has 0 radical (unpaired) electrons. The molecule has 5 heteroatoms. The molecule has 0 fully saturated rings. The van der Waals surface area contributed by atoms with Gasteiger partial charge >= 0.3 is 0 Å². The van der Waals surface area contributed by atoms with Crippen molar-refractivity contribution in [3.8, 4) is 0 Å². The van der Waals surface area contributed by atoms with Crippen LogP contribution in [-0.2, 0) is 0 Å². The number of benzene rings is 2. The lowest BCUT2D eigenvalue weighted by Gasteiger charge is -2.18. The van der Waals surface area contributed by atoms with Crippen LogP contribution in [0.2, 0.25) is 5.15 Å². The topological polar surface area (TPSA) is 58.0 Å². The van der Waals surface area contributed by atoms with Crippen molar-refractivity contribution < 1.29 is 5.11 Å². The van der Waals surface area contributed by atoms with Crippen LogP contribution in [0.3, 0.4) is 0 Å². The second kappa shape index (κ2) is 6.08. The molecule has 2 aromatic carbocycles. The number of rotatable bonds is 4. The minimum atomic E-state index is -0.245. The molecule has 2 N–H and O–H groups in total. The predicted octanol–water partition coefficient (Wildman–Crippen LogP) is 3.43. The summed E-state index contributed by atoms with van der Waals surface area (Å²) in [5.41, 5.74) is 0.987. The summed E-state index contributed by atoms with van der Waals surface area (Å²) in [6, 6.07) is 17.1. The Morgan fingerprint density at radius 3 is 2.33 bits per heavy atom. The van der Waals surface area contributed by atoms with Crippen LogP contribution in [0.4, 0.5) is 5.82 Å². The fourth-order valence-electron chi connectivity index (χ4n) is 2.26. The van der Waals surface area contributed by atoms with E-state index in [0.29, 0.717) is 11.0 Å². The van der Waals surface area contributed by atoms with Crippen LogP contribution in [0.15, 0.2) is 54.6 Å². The SMILES string of the molecule is OCC(Nc1nnc(Cl)c2ccccc12)c1ccccc1. The van der Waals surface area contributed by atoms with Crippen molar-refractivity contribution in [3.63, 3.8) is 0 Å². The van der Waals surface area contributed by atoms with Gasteiger partial charge in [-0.15, -0.1) is 10.2 Å². The van der Waals surface area contributed by atoms with Gasteiger partial charge in [0.15, 0.2) is 11.0 Å². The van der Waals surface area contributed by atoms with E-state index in [4.69, 9.17) is 11.6 Å². The van der Waals surface area contributed by atoms with Crippen molar-refractivity contribution in [2.24, 2.45) is 0 Å². The number of aromatic nitrogens is 2. The number of hydrogen-bond acceptors (Lipinski definition) is 4. The van der Waals surface area contributed by atoms with Crippen molar-refractivity contribution in [2.45, 2.75) is 6.04 Å². The van der Waals surface area contributed by atoms with Crippen LogP contribution < -0.4 is 5.32 Å². The average Bonchev–Trinajstić information content (AvgIpc) is 2.55. The Bertz CT molecular complexity index is 749. The van der Waals surface area contributed by atoms with Gasteiger partial charge in [-0.1, -0.05) is 66.2 Å². The molecular formula is C16H14ClN3O. The maximum absolute atomic E-state index is 9.63. The third kappa shape index (κ3) is 2.82. The summed E-state index contributed by atoms with van der Waals surface area (Å²) in [5, 5.41) is 23.0. The van der Waals surface area contributed by atoms with Crippen LogP contribution in [0, 0.1) is 0 Å². The molecule has 0 saturated carbocycles. The third-order valence-electron chi connectivity index (χ3n) is 3.34. The normalized spacial score (nSPS) is 12.3. The highest BCUT2D eigenvalue weighted by Gasteiger charge is 2.14. The lowest BCUT2D eigenvalue weighted by Crippen LogP contribution is -2.16. The molecular weight excluding hydrogens is 286 g/mol. The fourth-order valence-corrected chi connectivity index (χ4v) is 2.47. The van der Waals surface area contributed by atoms with E-state index in [9.17, 15) is 5.11 Å². The largest absolute Gasteiger partial charge is 0.394 e. The molecule has 0 spiro atoms. The summed E-state index contributed by atoms with van der Waals surface area (Å²) in [7, 11) is 0. The van der Waals surface area contributed by atoms with Gasteiger partial charge in [-0.3, -0.25) is 0 Å². The molecule has 1 unspecified atom stereocenters. The molecule has 1 aromatic heterocycles. The molecule has 1 heterocycles. The number of halogens is 1. The first-order chi connectivity index (χ1) is 10.3. The number of aliphatic hydroxyl groups is 1. The number of anilines is 1. The Hall–Kier alpha value is -2.17. The smallest absolute Gasteiger partial charge is 0.159 e. The first kappa shape index (κ1) is 13.8. The van der Waals surface area contributed by atoms with Crippen molar-refractivity contribution >= 4 is 28.2 Å². The van der Waals surface area contributed by atoms with Crippen molar-refractivity contribution in [3.05, 3.63) is 65.3 Å². The molecule has 106 valence electrons. The van der Waals surface area contributed by atoms with Gasteiger partial charge in [-0.2, -0.15) is 0 Å². The number of fused-ring (bicyclic) bond motifs is 1. The average molecular weight is 300 g/mol. The maximum atomic E-state index is 9.63. The standard InChI is InChI=1S/C16H14ClN3O/c17-15-12-8-4-5-9-13(12)16(20-19-15)18-14(10-21)11-6-2-1-3-7-11/h1-9,14,21H,10H2,(H,18,20). The number of hydrogen-bond donors (Lipinski definition) is 2. The Morgan fingerprint density at radius 2 is 1.62 bits per heavy atom. The van der Waals surface area contributed by atoms with Gasteiger partial charge in [0.25, 0.3) is 0 Å². The van der Waals surface area contributed by atoms with E-state index >= 15 is 0 Å². The van der Waals surface area contributed by atoms with E-state index in [1.54, 1.807) is 0 Å². The van der Waals surface area contributed by atoms with E-state index < -0.39 is 0 Å². The summed E-state index contributed by atoms with van der Waals surface area (Å²) >= 11 is 6.07. The van der Waals surface area contributed by atoms with Gasteiger partial charge in [-0.25, -0.2) is 0 Å². The summed E-state index contributed by atoms with van der Waals surface area (Å²) < 4.78 is 0. The highest BCUT2D eigenvalue weighted by atomic mass is 35.5. The molecule has 3 rings (SSSR count). The Balaban J connectivity index is 1.99. The van der Waals surface area contributed by atoms with Crippen LogP contribution in [-0.4, -0.2) is 21.9 Å². The van der Waals surface area contributed by atoms with Crippen molar-refractivity contribution in [2.75, 3.05) is 11.9 Å². The lowest BCUT2D eigenvalue weighted by molar-refractivity contribution is 0.276. The summed E-state index contributed by atoms with van der Waals surface area (Å²) in [6.07, 6.45) is 0. The van der Waals surface area contributed by atoms with Crippen LogP contribution in [0.1, 0.15) is 11.6 Å². The second-order valence-electron chi connectivity index (χ2n) is 4.68. The van der Waals surface area contributed by atoms with E-state index in [-0.39, 0.29) is 12.6 Å². The van der Waals surface area contributed by atoms with E-state index in [2.05, 4.69) is 15.5 Å². The van der Waals surface area contributed by atoms with E-state index in [1.807, 2.05) is 54.6 Å². The second-order valence-corrected chi connectivity index (χ2v) is 5.03. The lowest BCUT2D eigenvalue weighted by atomic mass is 10.1. The van der Waals surface area contributed by atoms with Gasteiger partial charge < -0.3 is 10.4 Å². The molecule has 0 aliphatic carbocycles. The van der Waals surface area contributed by atoms with E-state index in [0.717, 1.165) is 16.3 Å². The maximum Gasteiger partial charge on any atom is 0.159 e. The molecule has 3 aromatic rings. The minimum absolute atomic E-state index is 0.0390. The summed E-state index contributed by atoms with van der Waals surface area (Å²) in [6.45, 7) is -0.0390. The molecule has 0 aliphatic rings. The van der Waals surface area contributed by atoms with Gasteiger partial charge in [0.05, 0.1) is 12.6 Å². The Morgan fingerprint density at radius 1 is 0.952 bits per heavy atom. The molecule has 0 saturated heterocycles. The van der Waals surface area contributed by atoms with Crippen molar-refractivity contribution in [1.82, 2.24) is 10.2 Å². The fraction of sp³-hybridized carbons (Fsp3) is 0.125. The predicted molar refractivity (Wildman–Crippen MR) is 84.4 cm³/mol. The highest BCUT2D eigenvalue weighted by Crippen LogP contribution is 2.28. The number of aliphatic hydroxyl groups excluding tert-OH is 1.